The van der Waals surface area contributed by atoms with Crippen LogP contribution in [0.25, 0.3) is 0 Å². The summed E-state index contributed by atoms with van der Waals surface area (Å²) in [5, 5.41) is 0. The lowest BCUT2D eigenvalue weighted by Crippen LogP contribution is -2.61. The summed E-state index contributed by atoms with van der Waals surface area (Å²) in [5.74, 6) is 2.36. The number of Topliss-reactive ketones (excluding diaryl/α,β-unsaturated/α-hetero) is 1. The molecule has 4 aliphatic carbocycles. The molecule has 4 fully saturated rings. The molecule has 192 valence electrons. The van der Waals surface area contributed by atoms with E-state index in [1.165, 1.54) is 14.0 Å². The van der Waals surface area contributed by atoms with Crippen molar-refractivity contribution in [2.75, 3.05) is 7.11 Å². The molecule has 3 unspecified atom stereocenters. The lowest BCUT2D eigenvalue weighted by Gasteiger charge is -2.62. The molecule has 0 heterocycles. The van der Waals surface area contributed by atoms with Crippen molar-refractivity contribution in [1.82, 2.24) is 0 Å². The molecule has 0 amide bonds. The highest BCUT2D eigenvalue weighted by Gasteiger charge is 2.65. The SMILES string of the molecule is CCC[C@@H]1C(=O)C2C3CC[C@H]([C@H](C)CC(=O)OC)[C@@]3(C)CCC2[C@@]2(C)CC[C@@H](OC(C)=O)C[C@@H]12. The minimum absolute atomic E-state index is 0.0387. The van der Waals surface area contributed by atoms with Crippen LogP contribution in [0.15, 0.2) is 0 Å². The second-order valence-electron chi connectivity index (χ2n) is 12.6. The van der Waals surface area contributed by atoms with Gasteiger partial charge in [0.05, 0.1) is 7.11 Å². The molecule has 34 heavy (non-hydrogen) atoms. The van der Waals surface area contributed by atoms with Crippen LogP contribution in [0.4, 0.5) is 0 Å². The predicted molar refractivity (Wildman–Crippen MR) is 131 cm³/mol. The van der Waals surface area contributed by atoms with Gasteiger partial charge in [-0.05, 0) is 91.8 Å². The van der Waals surface area contributed by atoms with E-state index in [9.17, 15) is 14.4 Å². The standard InChI is InChI=1S/C29H46O5/c1-7-8-20-24-16-19(34-18(3)30)11-13-29(24,5)23-12-14-28(4)21(17(2)15-25(31)33-6)9-10-22(28)26(23)27(20)32/h17,19-24,26H,7-16H2,1-6H3/t17-,19-,20+,21-,22?,23?,24+,26?,28-,29-/m1/s1. The van der Waals surface area contributed by atoms with E-state index in [-0.39, 0.29) is 46.6 Å². The van der Waals surface area contributed by atoms with Crippen LogP contribution in [0.1, 0.15) is 98.8 Å². The lowest BCUT2D eigenvalue weighted by molar-refractivity contribution is -0.179. The molecule has 4 aliphatic rings. The third-order valence-corrected chi connectivity index (χ3v) is 11.1. The van der Waals surface area contributed by atoms with Crippen LogP contribution >= 0.6 is 0 Å². The van der Waals surface area contributed by atoms with Crippen LogP contribution in [0, 0.1) is 52.3 Å². The van der Waals surface area contributed by atoms with Gasteiger partial charge in [0.1, 0.15) is 11.9 Å². The maximum Gasteiger partial charge on any atom is 0.305 e. The van der Waals surface area contributed by atoms with E-state index in [1.807, 2.05) is 0 Å². The van der Waals surface area contributed by atoms with Gasteiger partial charge < -0.3 is 9.47 Å². The van der Waals surface area contributed by atoms with Gasteiger partial charge in [-0.2, -0.15) is 0 Å². The molecule has 4 rings (SSSR count). The van der Waals surface area contributed by atoms with Gasteiger partial charge in [0.15, 0.2) is 0 Å². The molecule has 0 aromatic heterocycles. The molecule has 4 saturated carbocycles. The molecule has 0 aromatic rings. The summed E-state index contributed by atoms with van der Waals surface area (Å²) in [7, 11) is 1.47. The zero-order valence-corrected chi connectivity index (χ0v) is 22.2. The average Bonchev–Trinajstić information content (AvgIpc) is 3.14. The number of ketones is 1. The Morgan fingerprint density at radius 3 is 2.35 bits per heavy atom. The first-order valence-electron chi connectivity index (χ1n) is 13.8. The molecule has 0 spiro atoms. The van der Waals surface area contributed by atoms with Crippen molar-refractivity contribution in [3.8, 4) is 0 Å². The molecule has 0 aliphatic heterocycles. The number of methoxy groups -OCH3 is 1. The van der Waals surface area contributed by atoms with Gasteiger partial charge >= 0.3 is 11.9 Å². The fraction of sp³-hybridized carbons (Fsp3) is 0.897. The first-order chi connectivity index (χ1) is 16.1. The van der Waals surface area contributed by atoms with E-state index in [0.29, 0.717) is 35.9 Å². The van der Waals surface area contributed by atoms with Crippen molar-refractivity contribution in [1.29, 1.82) is 0 Å². The third kappa shape index (κ3) is 4.13. The van der Waals surface area contributed by atoms with Crippen LogP contribution in [-0.2, 0) is 23.9 Å². The van der Waals surface area contributed by atoms with Crippen molar-refractivity contribution in [3.63, 3.8) is 0 Å². The van der Waals surface area contributed by atoms with Crippen LogP contribution in [0.3, 0.4) is 0 Å². The minimum Gasteiger partial charge on any atom is -0.469 e. The lowest BCUT2D eigenvalue weighted by atomic mass is 9.41. The van der Waals surface area contributed by atoms with Gasteiger partial charge in [0.25, 0.3) is 0 Å². The number of fused-ring (bicyclic) bond motifs is 5. The molecule has 0 radical (unpaired) electrons. The number of carbonyl (C=O) groups excluding carboxylic acids is 3. The summed E-state index contributed by atoms with van der Waals surface area (Å²) in [6.07, 6.45) is 9.68. The monoisotopic (exact) mass is 474 g/mol. The summed E-state index contributed by atoms with van der Waals surface area (Å²) in [5.41, 5.74) is 0.269. The maximum atomic E-state index is 14.3. The molecule has 0 aromatic carbocycles. The van der Waals surface area contributed by atoms with Crippen molar-refractivity contribution < 1.29 is 23.9 Å². The molecule has 0 saturated heterocycles. The Labute approximate surface area is 206 Å². The Hall–Kier alpha value is -1.39. The maximum absolute atomic E-state index is 14.3. The van der Waals surface area contributed by atoms with E-state index < -0.39 is 0 Å². The van der Waals surface area contributed by atoms with Crippen molar-refractivity contribution in [2.45, 2.75) is 105 Å². The number of hydrogen-bond acceptors (Lipinski definition) is 5. The first-order valence-corrected chi connectivity index (χ1v) is 13.8. The predicted octanol–water partition coefficient (Wildman–Crippen LogP) is 5.98. The molecule has 0 N–H and O–H groups in total. The Kier molecular flexibility index (Phi) is 7.24. The van der Waals surface area contributed by atoms with E-state index in [4.69, 9.17) is 9.47 Å². The van der Waals surface area contributed by atoms with Gasteiger partial charge in [0, 0.05) is 25.2 Å². The van der Waals surface area contributed by atoms with E-state index in [2.05, 4.69) is 27.7 Å². The number of esters is 2. The van der Waals surface area contributed by atoms with Crippen LogP contribution < -0.4 is 0 Å². The highest BCUT2D eigenvalue weighted by molar-refractivity contribution is 5.86. The molecular weight excluding hydrogens is 428 g/mol. The van der Waals surface area contributed by atoms with Gasteiger partial charge in [-0.25, -0.2) is 0 Å². The topological polar surface area (TPSA) is 69.7 Å². The molecule has 0 bridgehead atoms. The van der Waals surface area contributed by atoms with Gasteiger partial charge in [-0.15, -0.1) is 0 Å². The summed E-state index contributed by atoms with van der Waals surface area (Å²) >= 11 is 0. The minimum atomic E-state index is -0.202. The largest absolute Gasteiger partial charge is 0.469 e. The average molecular weight is 475 g/mol. The normalized spacial score (nSPS) is 44.4. The van der Waals surface area contributed by atoms with Crippen molar-refractivity contribution in [3.05, 3.63) is 0 Å². The van der Waals surface area contributed by atoms with E-state index >= 15 is 0 Å². The smallest absolute Gasteiger partial charge is 0.305 e. The highest BCUT2D eigenvalue weighted by Crippen LogP contribution is 2.68. The van der Waals surface area contributed by atoms with Crippen molar-refractivity contribution in [2.24, 2.45) is 52.3 Å². The van der Waals surface area contributed by atoms with Crippen LogP contribution in [0.2, 0.25) is 0 Å². The Bertz CT molecular complexity index is 806. The Morgan fingerprint density at radius 2 is 1.71 bits per heavy atom. The molecule has 5 heteroatoms. The van der Waals surface area contributed by atoms with E-state index in [1.54, 1.807) is 0 Å². The molecular formula is C29H46O5. The van der Waals surface area contributed by atoms with Crippen molar-refractivity contribution >= 4 is 17.7 Å². The number of ether oxygens (including phenoxy) is 2. The quantitative estimate of drug-likeness (QED) is 0.443. The highest BCUT2D eigenvalue weighted by atomic mass is 16.5. The number of carbonyl (C=O) groups is 3. The summed E-state index contributed by atoms with van der Waals surface area (Å²) in [4.78, 5) is 38.0. The Morgan fingerprint density at radius 1 is 1.03 bits per heavy atom. The van der Waals surface area contributed by atoms with Crippen LogP contribution in [-0.4, -0.2) is 30.9 Å². The van der Waals surface area contributed by atoms with Crippen LogP contribution in [0.5, 0.6) is 0 Å². The summed E-state index contributed by atoms with van der Waals surface area (Å²) < 4.78 is 10.6. The molecule has 10 atom stereocenters. The first kappa shape index (κ1) is 25.7. The zero-order chi connectivity index (χ0) is 24.8. The van der Waals surface area contributed by atoms with E-state index in [0.717, 1.165) is 57.8 Å². The summed E-state index contributed by atoms with van der Waals surface area (Å²) in [6.45, 7) is 10.8. The van der Waals surface area contributed by atoms with Gasteiger partial charge in [0.2, 0.25) is 0 Å². The number of rotatable bonds is 6. The third-order valence-electron chi connectivity index (χ3n) is 11.1. The Balaban J connectivity index is 1.62. The second-order valence-corrected chi connectivity index (χ2v) is 12.6. The fourth-order valence-electron chi connectivity index (χ4n) is 9.59. The van der Waals surface area contributed by atoms with Gasteiger partial charge in [-0.3, -0.25) is 14.4 Å². The summed E-state index contributed by atoms with van der Waals surface area (Å²) in [6, 6.07) is 0. The fourth-order valence-corrected chi connectivity index (χ4v) is 9.59. The molecule has 5 nitrogen and oxygen atoms in total. The second kappa shape index (κ2) is 9.58. The zero-order valence-electron chi connectivity index (χ0n) is 22.2. The van der Waals surface area contributed by atoms with Gasteiger partial charge in [-0.1, -0.05) is 34.1 Å². The number of hydrogen-bond donors (Lipinski definition) is 0.